The van der Waals surface area contributed by atoms with Crippen molar-refractivity contribution in [3.8, 4) is 11.1 Å². The van der Waals surface area contributed by atoms with Gasteiger partial charge in [0.05, 0.1) is 5.56 Å². The fourth-order valence-corrected chi connectivity index (χ4v) is 6.66. The van der Waals surface area contributed by atoms with Crippen molar-refractivity contribution in [2.24, 2.45) is 0 Å². The number of halogens is 3. The smallest absolute Gasteiger partial charge is 0.657 e. The fraction of sp³-hybridized carbons (Fsp3) is 0.150. The number of para-hydroxylation sites is 1. The summed E-state index contributed by atoms with van der Waals surface area (Å²) in [7, 11) is 0. The number of hydrogen-bond donors (Lipinski definition) is 0. The van der Waals surface area contributed by atoms with Crippen LogP contribution < -0.4 is 24.6 Å². The molecule has 0 N–H and O–H groups in total. The van der Waals surface area contributed by atoms with Gasteiger partial charge in [0.1, 0.15) is 23.3 Å². The Morgan fingerprint density at radius 1 is 0.679 bits per heavy atom. The zero-order chi connectivity index (χ0) is 41.3. The summed E-state index contributed by atoms with van der Waals surface area (Å²) in [4.78, 5) is 27.1. The molecular weight excluding hydrogens is 859 g/mol. The van der Waals surface area contributed by atoms with Crippen LogP contribution in [0.1, 0.15) is 30.5 Å². The van der Waals surface area contributed by atoms with Crippen molar-refractivity contribution in [2.45, 2.75) is 26.9 Å². The zero-order valence-electron chi connectivity index (χ0n) is 34.3. The SMILES string of the molecule is FC(F)(F)c1ccc2[n-]c3ccccc3c2c1.[2H]C([2H])([2H])N1[CH-]N(c2[c-]c(N3[CH-]N(C([2H])([2H])[2H])c4nccnc43)cc(-c3c(C)cc(C)cc3C)c2)c2nccnc21.[Pt+4]. The molecule has 268 valence electrons. The molecule has 0 unspecified atom stereocenters. The molecule has 53 heavy (non-hydrogen) atoms. The Kier molecular flexibility index (Phi) is 7.57. The maximum Gasteiger partial charge on any atom is 4.00 e. The maximum atomic E-state index is 12.6. The van der Waals surface area contributed by atoms with E-state index in [1.54, 1.807) is 28.0 Å². The molecule has 0 spiro atoms. The molecule has 0 radical (unpaired) electrons. The second-order valence-corrected chi connectivity index (χ2v) is 12.4. The molecule has 3 aromatic heterocycles. The van der Waals surface area contributed by atoms with E-state index in [4.69, 9.17) is 8.22 Å². The molecular formula is C40H32F3N9Pt. The van der Waals surface area contributed by atoms with Crippen LogP contribution in [-0.2, 0) is 27.2 Å². The summed E-state index contributed by atoms with van der Waals surface area (Å²) in [6.07, 6.45) is 1.56. The van der Waals surface area contributed by atoms with Crippen LogP contribution in [0.2, 0.25) is 0 Å². The van der Waals surface area contributed by atoms with Crippen LogP contribution in [0.3, 0.4) is 0 Å². The van der Waals surface area contributed by atoms with E-state index < -0.39 is 25.7 Å². The molecule has 0 amide bonds. The van der Waals surface area contributed by atoms with E-state index >= 15 is 0 Å². The Bertz CT molecular complexity index is 2590. The summed E-state index contributed by atoms with van der Waals surface area (Å²) in [6, 6.07) is 22.2. The van der Waals surface area contributed by atoms with Crippen molar-refractivity contribution in [1.29, 1.82) is 0 Å². The summed E-state index contributed by atoms with van der Waals surface area (Å²) in [5, 5.41) is 1.31. The van der Waals surface area contributed by atoms with Gasteiger partial charge >= 0.3 is 27.2 Å². The first-order valence-corrected chi connectivity index (χ1v) is 16.1. The predicted molar refractivity (Wildman–Crippen MR) is 198 cm³/mol. The van der Waals surface area contributed by atoms with Crippen molar-refractivity contribution in [1.82, 2.24) is 24.9 Å². The van der Waals surface area contributed by atoms with Gasteiger partial charge in [-0.1, -0.05) is 54.1 Å². The molecule has 0 atom stereocenters. The molecule has 0 fully saturated rings. The molecule has 5 heterocycles. The van der Waals surface area contributed by atoms with Gasteiger partial charge in [-0.05, 0) is 68.3 Å². The van der Waals surface area contributed by atoms with Gasteiger partial charge in [-0.25, -0.2) is 19.9 Å². The number of rotatable bonds is 3. The third-order valence-electron chi connectivity index (χ3n) is 8.78. The average Bonchev–Trinajstić information content (AvgIpc) is 3.86. The summed E-state index contributed by atoms with van der Waals surface area (Å²) in [5.74, 6) is 1.03. The Hall–Kier alpha value is -5.48. The number of nitrogens with zero attached hydrogens (tertiary/aromatic N) is 9. The van der Waals surface area contributed by atoms with Crippen LogP contribution in [0.25, 0.3) is 32.9 Å². The molecule has 0 saturated heterocycles. The molecule has 2 aliphatic rings. The molecule has 2 aliphatic heterocycles. The van der Waals surface area contributed by atoms with Crippen LogP contribution in [0.15, 0.2) is 91.5 Å². The van der Waals surface area contributed by atoms with Crippen molar-refractivity contribution < 1.29 is 42.5 Å². The van der Waals surface area contributed by atoms with E-state index in [2.05, 4.69) is 43.1 Å². The molecule has 7 aromatic rings. The van der Waals surface area contributed by atoms with Gasteiger partial charge < -0.3 is 24.6 Å². The Morgan fingerprint density at radius 3 is 1.75 bits per heavy atom. The largest absolute Gasteiger partial charge is 4.00 e. The zero-order valence-corrected chi connectivity index (χ0v) is 30.6. The third kappa shape index (κ3) is 6.56. The first-order valence-electron chi connectivity index (χ1n) is 19.1. The number of anilines is 6. The van der Waals surface area contributed by atoms with Gasteiger partial charge in [0.15, 0.2) is 0 Å². The van der Waals surface area contributed by atoms with E-state index in [0.717, 1.165) is 60.7 Å². The standard InChI is InChI=1S/C27H25N8.C13H7F3N.Pt/c1-17-10-18(2)23(19(3)11-17)20-12-21(34-15-32(4)24-26(34)30-8-6-28-24)14-22(13-20)35-16-33(5)25-27(35)31-9-7-29-25;14-13(15,16)8-5-6-12-10(7-8)9-3-1-2-4-11(9)17-12;/h6-13,15-16H,1-5H3;1-7H;/q-3;-1;+4/i4D3,5D3;;. The van der Waals surface area contributed by atoms with Crippen LogP contribution in [-0.4, -0.2) is 33.9 Å². The van der Waals surface area contributed by atoms with Crippen molar-refractivity contribution in [2.75, 3.05) is 33.6 Å². The summed E-state index contributed by atoms with van der Waals surface area (Å²) in [5.41, 5.74) is 6.69. The molecule has 0 bridgehead atoms. The molecule has 0 aliphatic carbocycles. The Balaban J connectivity index is 0.000000244. The number of benzene rings is 4. The number of aromatic nitrogens is 5. The fourth-order valence-electron chi connectivity index (χ4n) is 6.66. The van der Waals surface area contributed by atoms with Gasteiger partial charge in [0, 0.05) is 33.0 Å². The molecule has 0 saturated carbocycles. The summed E-state index contributed by atoms with van der Waals surface area (Å²) < 4.78 is 86.1. The first kappa shape index (κ1) is 29.0. The van der Waals surface area contributed by atoms with E-state index in [1.807, 2.05) is 39.0 Å². The molecule has 4 aromatic carbocycles. The average molecular weight is 897 g/mol. The first-order chi connectivity index (χ1) is 27.4. The minimum Gasteiger partial charge on any atom is -0.657 e. The second kappa shape index (κ2) is 13.8. The molecule has 9 rings (SSSR count). The van der Waals surface area contributed by atoms with Crippen molar-refractivity contribution >= 4 is 56.5 Å². The molecule has 13 heteroatoms. The van der Waals surface area contributed by atoms with Gasteiger partial charge in [-0.2, -0.15) is 13.2 Å². The van der Waals surface area contributed by atoms with E-state index in [9.17, 15) is 13.2 Å². The number of fused-ring (bicyclic) bond motifs is 5. The van der Waals surface area contributed by atoms with E-state index in [-0.39, 0.29) is 32.7 Å². The monoisotopic (exact) mass is 896 g/mol. The van der Waals surface area contributed by atoms with Gasteiger partial charge in [0.25, 0.3) is 0 Å². The maximum absolute atomic E-state index is 12.6. The van der Waals surface area contributed by atoms with Gasteiger partial charge in [-0.3, -0.25) is 0 Å². The summed E-state index contributed by atoms with van der Waals surface area (Å²) >= 11 is 0. The van der Waals surface area contributed by atoms with Crippen molar-refractivity contribution in [3.05, 3.63) is 133 Å². The normalized spacial score (nSPS) is 15.7. The van der Waals surface area contributed by atoms with Crippen LogP contribution in [0.4, 0.5) is 47.8 Å². The Morgan fingerprint density at radius 2 is 1.21 bits per heavy atom. The predicted octanol–water partition coefficient (Wildman–Crippen LogP) is 9.04. The van der Waals surface area contributed by atoms with Crippen LogP contribution >= 0.6 is 0 Å². The number of aryl methyl sites for hydroxylation is 3. The number of alkyl halides is 3. The second-order valence-electron chi connectivity index (χ2n) is 12.4. The van der Waals surface area contributed by atoms with Crippen molar-refractivity contribution in [3.63, 3.8) is 0 Å². The van der Waals surface area contributed by atoms with Gasteiger partial charge in [0.2, 0.25) is 0 Å². The van der Waals surface area contributed by atoms with Crippen LogP contribution in [0, 0.1) is 40.2 Å². The minimum atomic E-state index is -4.31. The minimum absolute atomic E-state index is 0. The number of hydrogen-bond acceptors (Lipinski definition) is 8. The van der Waals surface area contributed by atoms with Gasteiger partial charge in [-0.15, -0.1) is 59.5 Å². The summed E-state index contributed by atoms with van der Waals surface area (Å²) in [6.45, 7) is 3.97. The Labute approximate surface area is 327 Å². The molecule has 9 nitrogen and oxygen atoms in total. The van der Waals surface area contributed by atoms with Crippen LogP contribution in [0.5, 0.6) is 0 Å². The quantitative estimate of drug-likeness (QED) is 0.162. The van der Waals surface area contributed by atoms with E-state index in [0.29, 0.717) is 33.9 Å². The third-order valence-corrected chi connectivity index (χ3v) is 8.78. The topological polar surface area (TPSA) is 78.6 Å². The van der Waals surface area contributed by atoms with E-state index in [1.165, 1.54) is 44.2 Å².